The van der Waals surface area contributed by atoms with Gasteiger partial charge < -0.3 is 14.8 Å². The Balaban J connectivity index is 2.15. The van der Waals surface area contributed by atoms with Crippen molar-refractivity contribution in [1.82, 2.24) is 0 Å². The molecule has 6 heteroatoms. The molecule has 2 rings (SSSR count). The smallest absolute Gasteiger partial charge is 0.282 e. The number of hydrogen-bond acceptors (Lipinski definition) is 4. The SMILES string of the molecule is COc1cc(C[NH2+]C2CCCCCC2)c([N+](=O)[O-])cc1OC. The average molecular weight is 309 g/mol. The van der Waals surface area contributed by atoms with Gasteiger partial charge in [0.05, 0.1) is 36.8 Å². The molecule has 0 aromatic heterocycles. The molecule has 1 fully saturated rings. The normalized spacial score (nSPS) is 16.1. The Morgan fingerprint density at radius 3 is 2.27 bits per heavy atom. The minimum Gasteiger partial charge on any atom is -0.493 e. The Morgan fingerprint density at radius 1 is 1.14 bits per heavy atom. The molecule has 0 saturated heterocycles. The van der Waals surface area contributed by atoms with Gasteiger partial charge in [-0.15, -0.1) is 0 Å². The number of nitrogens with zero attached hydrogens (tertiary/aromatic N) is 1. The Bertz CT molecular complexity index is 511. The van der Waals surface area contributed by atoms with Crippen molar-refractivity contribution in [2.45, 2.75) is 51.1 Å². The Hall–Kier alpha value is -1.82. The van der Waals surface area contributed by atoms with E-state index in [1.165, 1.54) is 51.7 Å². The molecular formula is C16H25N2O4+. The number of nitrogens with two attached hydrogens (primary N) is 1. The number of hydrogen-bond donors (Lipinski definition) is 1. The maximum Gasteiger partial charge on any atom is 0.282 e. The van der Waals surface area contributed by atoms with Crippen LogP contribution in [0.3, 0.4) is 0 Å². The summed E-state index contributed by atoms with van der Waals surface area (Å²) in [4.78, 5) is 10.9. The number of nitro benzene ring substituents is 1. The lowest BCUT2D eigenvalue weighted by atomic mass is 10.1. The Morgan fingerprint density at radius 2 is 1.73 bits per heavy atom. The van der Waals surface area contributed by atoms with Crippen molar-refractivity contribution < 1.29 is 19.7 Å². The largest absolute Gasteiger partial charge is 0.493 e. The van der Waals surface area contributed by atoms with Crippen LogP contribution in [0.4, 0.5) is 5.69 Å². The Labute approximate surface area is 131 Å². The van der Waals surface area contributed by atoms with E-state index in [9.17, 15) is 10.1 Å². The molecule has 122 valence electrons. The first-order chi connectivity index (χ1) is 10.7. The highest BCUT2D eigenvalue weighted by Crippen LogP contribution is 2.34. The first-order valence-electron chi connectivity index (χ1n) is 7.88. The zero-order chi connectivity index (χ0) is 15.9. The van der Waals surface area contributed by atoms with Gasteiger partial charge in [0.15, 0.2) is 11.5 Å². The molecular weight excluding hydrogens is 284 g/mol. The average Bonchev–Trinajstić information content (AvgIpc) is 2.80. The summed E-state index contributed by atoms with van der Waals surface area (Å²) in [7, 11) is 3.03. The van der Waals surface area contributed by atoms with Crippen molar-refractivity contribution in [2.75, 3.05) is 14.2 Å². The highest BCUT2D eigenvalue weighted by atomic mass is 16.6. The van der Waals surface area contributed by atoms with Gasteiger partial charge in [0.1, 0.15) is 6.54 Å². The summed E-state index contributed by atoms with van der Waals surface area (Å²) in [6.45, 7) is 0.599. The summed E-state index contributed by atoms with van der Waals surface area (Å²) in [5.74, 6) is 0.935. The molecule has 0 amide bonds. The lowest BCUT2D eigenvalue weighted by Crippen LogP contribution is -2.88. The van der Waals surface area contributed by atoms with Crippen LogP contribution in [0.25, 0.3) is 0 Å². The molecule has 1 aliphatic carbocycles. The topological polar surface area (TPSA) is 78.2 Å². The molecule has 0 bridgehead atoms. The van der Waals surface area contributed by atoms with Gasteiger partial charge >= 0.3 is 0 Å². The standard InChI is InChI=1S/C16H24N2O4/c1-21-15-9-12(14(18(19)20)10-16(15)22-2)11-17-13-7-5-3-4-6-8-13/h9-10,13,17H,3-8,11H2,1-2H3/p+1. The molecule has 0 spiro atoms. The van der Waals surface area contributed by atoms with Crippen LogP contribution in [0.2, 0.25) is 0 Å². The number of rotatable bonds is 6. The third-order valence-electron chi connectivity index (χ3n) is 4.35. The van der Waals surface area contributed by atoms with Gasteiger partial charge in [-0.3, -0.25) is 10.1 Å². The predicted octanol–water partition coefficient (Wildman–Crippen LogP) is 2.40. The van der Waals surface area contributed by atoms with Crippen LogP contribution in [0.15, 0.2) is 12.1 Å². The summed E-state index contributed by atoms with van der Waals surface area (Å²) in [6, 6.07) is 3.74. The first kappa shape index (κ1) is 16.5. The highest BCUT2D eigenvalue weighted by Gasteiger charge is 2.22. The lowest BCUT2D eigenvalue weighted by molar-refractivity contribution is -0.705. The van der Waals surface area contributed by atoms with Crippen LogP contribution in [-0.2, 0) is 6.54 Å². The molecule has 0 unspecified atom stereocenters. The summed E-state index contributed by atoms with van der Waals surface area (Å²) in [5.41, 5.74) is 0.786. The Kier molecular flexibility index (Phi) is 6.00. The van der Waals surface area contributed by atoms with Gasteiger partial charge in [0.2, 0.25) is 0 Å². The summed E-state index contributed by atoms with van der Waals surface area (Å²) in [6.07, 6.45) is 7.52. The molecule has 1 aromatic carbocycles. The van der Waals surface area contributed by atoms with E-state index >= 15 is 0 Å². The van der Waals surface area contributed by atoms with Gasteiger partial charge in [-0.1, -0.05) is 12.8 Å². The van der Waals surface area contributed by atoms with Crippen LogP contribution in [0, 0.1) is 10.1 Å². The van der Waals surface area contributed by atoms with E-state index in [0.29, 0.717) is 29.6 Å². The second kappa shape index (κ2) is 7.98. The van der Waals surface area contributed by atoms with E-state index in [4.69, 9.17) is 9.47 Å². The van der Waals surface area contributed by atoms with Crippen LogP contribution >= 0.6 is 0 Å². The van der Waals surface area contributed by atoms with Crippen molar-refractivity contribution in [3.05, 3.63) is 27.8 Å². The molecule has 1 aliphatic rings. The zero-order valence-electron chi connectivity index (χ0n) is 13.3. The first-order valence-corrected chi connectivity index (χ1v) is 7.88. The molecule has 0 radical (unpaired) electrons. The summed E-state index contributed by atoms with van der Waals surface area (Å²) < 4.78 is 10.4. The van der Waals surface area contributed by atoms with E-state index in [1.54, 1.807) is 13.2 Å². The fraction of sp³-hybridized carbons (Fsp3) is 0.625. The van der Waals surface area contributed by atoms with Crippen LogP contribution in [-0.4, -0.2) is 25.2 Å². The predicted molar refractivity (Wildman–Crippen MR) is 83.3 cm³/mol. The number of ether oxygens (including phenoxy) is 2. The second-order valence-corrected chi connectivity index (χ2v) is 5.78. The zero-order valence-corrected chi connectivity index (χ0v) is 13.3. The molecule has 1 saturated carbocycles. The van der Waals surface area contributed by atoms with Crippen molar-refractivity contribution >= 4 is 5.69 Å². The maximum absolute atomic E-state index is 11.3. The molecule has 0 heterocycles. The number of quaternary nitrogens is 1. The molecule has 1 aromatic rings. The van der Waals surface area contributed by atoms with E-state index in [2.05, 4.69) is 5.32 Å². The molecule has 0 aliphatic heterocycles. The van der Waals surface area contributed by atoms with Crippen molar-refractivity contribution in [3.8, 4) is 11.5 Å². The number of nitro groups is 1. The molecule has 2 N–H and O–H groups in total. The quantitative estimate of drug-likeness (QED) is 0.497. The second-order valence-electron chi connectivity index (χ2n) is 5.78. The van der Waals surface area contributed by atoms with Crippen molar-refractivity contribution in [1.29, 1.82) is 0 Å². The minimum absolute atomic E-state index is 0.0996. The van der Waals surface area contributed by atoms with E-state index < -0.39 is 0 Å². The lowest BCUT2D eigenvalue weighted by Gasteiger charge is -2.14. The van der Waals surface area contributed by atoms with E-state index in [0.717, 1.165) is 0 Å². The van der Waals surface area contributed by atoms with Gasteiger partial charge in [-0.05, 0) is 31.7 Å². The van der Waals surface area contributed by atoms with Crippen molar-refractivity contribution in [3.63, 3.8) is 0 Å². The van der Waals surface area contributed by atoms with Gasteiger partial charge in [-0.2, -0.15) is 0 Å². The van der Waals surface area contributed by atoms with Gasteiger partial charge in [0, 0.05) is 0 Å². The summed E-state index contributed by atoms with van der Waals surface area (Å²) in [5, 5.41) is 13.5. The highest BCUT2D eigenvalue weighted by molar-refractivity contribution is 5.53. The summed E-state index contributed by atoms with van der Waals surface area (Å²) >= 11 is 0. The van der Waals surface area contributed by atoms with Gasteiger partial charge in [0.25, 0.3) is 5.69 Å². The van der Waals surface area contributed by atoms with Gasteiger partial charge in [-0.25, -0.2) is 0 Å². The fourth-order valence-electron chi connectivity index (χ4n) is 3.08. The third-order valence-corrected chi connectivity index (χ3v) is 4.35. The minimum atomic E-state index is -0.349. The molecule has 0 atom stereocenters. The van der Waals surface area contributed by atoms with Crippen molar-refractivity contribution in [2.24, 2.45) is 0 Å². The maximum atomic E-state index is 11.3. The molecule has 6 nitrogen and oxygen atoms in total. The molecule has 22 heavy (non-hydrogen) atoms. The fourth-order valence-corrected chi connectivity index (χ4v) is 3.08. The monoisotopic (exact) mass is 309 g/mol. The third kappa shape index (κ3) is 4.10. The number of methoxy groups -OCH3 is 2. The van der Waals surface area contributed by atoms with Crippen LogP contribution in [0.1, 0.15) is 44.1 Å². The van der Waals surface area contributed by atoms with Crippen LogP contribution in [0.5, 0.6) is 11.5 Å². The van der Waals surface area contributed by atoms with Crippen LogP contribution < -0.4 is 14.8 Å². The van der Waals surface area contributed by atoms with E-state index in [-0.39, 0.29) is 10.6 Å². The number of benzene rings is 1. The van der Waals surface area contributed by atoms with E-state index in [1.807, 2.05) is 0 Å².